The summed E-state index contributed by atoms with van der Waals surface area (Å²) in [7, 11) is 0. The molecule has 5 heteroatoms. The highest BCUT2D eigenvalue weighted by Gasteiger charge is 2.24. The summed E-state index contributed by atoms with van der Waals surface area (Å²) in [5.74, 6) is -1.61. The fourth-order valence-corrected chi connectivity index (χ4v) is 1.93. The molecule has 2 rings (SSSR count). The van der Waals surface area contributed by atoms with Crippen molar-refractivity contribution in [3.8, 4) is 0 Å². The summed E-state index contributed by atoms with van der Waals surface area (Å²) >= 11 is 0. The third-order valence-electron chi connectivity index (χ3n) is 2.99. The first-order chi connectivity index (χ1) is 8.99. The topological polar surface area (TPSA) is 82.2 Å². The van der Waals surface area contributed by atoms with E-state index in [0.717, 1.165) is 10.9 Å². The number of aromatic nitrogens is 1. The molecule has 0 unspecified atom stereocenters. The number of hydrogen-bond acceptors (Lipinski definition) is 2. The van der Waals surface area contributed by atoms with E-state index in [1.165, 1.54) is 0 Å². The van der Waals surface area contributed by atoms with Crippen molar-refractivity contribution >= 4 is 22.8 Å². The number of aliphatic carboxylic acids is 1. The van der Waals surface area contributed by atoms with E-state index in [-0.39, 0.29) is 5.92 Å². The number of hydrogen-bond donors (Lipinski definition) is 3. The lowest BCUT2D eigenvalue weighted by Crippen LogP contribution is -2.44. The summed E-state index contributed by atoms with van der Waals surface area (Å²) in [5, 5.41) is 12.5. The normalized spacial score (nSPS) is 12.6. The van der Waals surface area contributed by atoms with Gasteiger partial charge in [0.2, 0.25) is 0 Å². The van der Waals surface area contributed by atoms with Gasteiger partial charge in [0.05, 0.1) is 0 Å². The van der Waals surface area contributed by atoms with Crippen LogP contribution in [0.2, 0.25) is 0 Å². The lowest BCUT2D eigenvalue weighted by Gasteiger charge is -2.17. The van der Waals surface area contributed by atoms with E-state index in [1.807, 2.05) is 24.3 Å². The summed E-state index contributed by atoms with van der Waals surface area (Å²) in [6.45, 7) is 3.51. The van der Waals surface area contributed by atoms with Gasteiger partial charge in [0.1, 0.15) is 11.7 Å². The summed E-state index contributed by atoms with van der Waals surface area (Å²) in [4.78, 5) is 26.1. The predicted octanol–water partition coefficient (Wildman–Crippen LogP) is 2.01. The first kappa shape index (κ1) is 13.1. The second kappa shape index (κ2) is 5.14. The Balaban J connectivity index is 2.21. The Labute approximate surface area is 110 Å². The van der Waals surface area contributed by atoms with Crippen LogP contribution in [0.25, 0.3) is 10.9 Å². The van der Waals surface area contributed by atoms with Crippen molar-refractivity contribution in [2.75, 3.05) is 0 Å². The molecule has 2 aromatic rings. The van der Waals surface area contributed by atoms with Crippen LogP contribution in [0.15, 0.2) is 30.3 Å². The van der Waals surface area contributed by atoms with Crippen molar-refractivity contribution in [2.24, 2.45) is 5.92 Å². The average Bonchev–Trinajstić information content (AvgIpc) is 2.78. The van der Waals surface area contributed by atoms with Crippen LogP contribution in [0.3, 0.4) is 0 Å². The number of carbonyl (C=O) groups is 2. The largest absolute Gasteiger partial charge is 0.480 e. The zero-order chi connectivity index (χ0) is 14.0. The molecule has 1 aromatic heterocycles. The molecule has 0 aliphatic rings. The quantitative estimate of drug-likeness (QED) is 0.786. The number of benzene rings is 1. The van der Waals surface area contributed by atoms with E-state index in [9.17, 15) is 9.59 Å². The molecule has 1 heterocycles. The second-order valence-corrected chi connectivity index (χ2v) is 4.80. The smallest absolute Gasteiger partial charge is 0.326 e. The van der Waals surface area contributed by atoms with Crippen LogP contribution < -0.4 is 5.32 Å². The van der Waals surface area contributed by atoms with Gasteiger partial charge >= 0.3 is 5.97 Å². The van der Waals surface area contributed by atoms with Crippen LogP contribution in [0.1, 0.15) is 24.3 Å². The highest BCUT2D eigenvalue weighted by atomic mass is 16.4. The summed E-state index contributed by atoms with van der Waals surface area (Å²) < 4.78 is 0. The minimum atomic E-state index is -1.03. The van der Waals surface area contributed by atoms with Gasteiger partial charge in [-0.25, -0.2) is 4.79 Å². The Hall–Kier alpha value is -2.30. The molecule has 0 saturated heterocycles. The van der Waals surface area contributed by atoms with E-state index in [4.69, 9.17) is 5.11 Å². The van der Waals surface area contributed by atoms with Gasteiger partial charge in [-0.1, -0.05) is 32.0 Å². The number of aromatic amines is 1. The molecule has 0 bridgehead atoms. The molecule has 1 atom stereocenters. The number of carboxylic acids is 1. The highest BCUT2D eigenvalue weighted by molar-refractivity contribution is 5.99. The Kier molecular flexibility index (Phi) is 3.55. The van der Waals surface area contributed by atoms with Gasteiger partial charge in [0.25, 0.3) is 5.91 Å². The van der Waals surface area contributed by atoms with Crippen LogP contribution in [0.5, 0.6) is 0 Å². The minimum Gasteiger partial charge on any atom is -0.480 e. The maximum Gasteiger partial charge on any atom is 0.326 e. The van der Waals surface area contributed by atoms with Gasteiger partial charge in [-0.3, -0.25) is 4.79 Å². The Morgan fingerprint density at radius 1 is 1.26 bits per heavy atom. The van der Waals surface area contributed by atoms with E-state index in [1.54, 1.807) is 19.9 Å². The molecule has 1 aromatic carbocycles. The molecule has 19 heavy (non-hydrogen) atoms. The van der Waals surface area contributed by atoms with Gasteiger partial charge in [-0.05, 0) is 18.1 Å². The van der Waals surface area contributed by atoms with Gasteiger partial charge in [0, 0.05) is 10.9 Å². The summed E-state index contributed by atoms with van der Waals surface area (Å²) in [6, 6.07) is 8.33. The maximum absolute atomic E-state index is 12.0. The van der Waals surface area contributed by atoms with Crippen molar-refractivity contribution in [1.29, 1.82) is 0 Å². The molecule has 5 nitrogen and oxygen atoms in total. The van der Waals surface area contributed by atoms with Crippen LogP contribution in [-0.4, -0.2) is 28.0 Å². The van der Waals surface area contributed by atoms with Crippen molar-refractivity contribution in [2.45, 2.75) is 19.9 Å². The van der Waals surface area contributed by atoms with Crippen LogP contribution >= 0.6 is 0 Å². The Morgan fingerprint density at radius 3 is 2.53 bits per heavy atom. The SMILES string of the molecule is CC(C)[C@@H](NC(=O)c1cc2ccccc2[nH]1)C(=O)O. The van der Waals surface area contributed by atoms with E-state index in [0.29, 0.717) is 5.69 Å². The monoisotopic (exact) mass is 260 g/mol. The minimum absolute atomic E-state index is 0.175. The molecule has 0 fully saturated rings. The van der Waals surface area contributed by atoms with Crippen molar-refractivity contribution in [3.05, 3.63) is 36.0 Å². The molecule has 3 N–H and O–H groups in total. The van der Waals surface area contributed by atoms with Gasteiger partial charge in [-0.2, -0.15) is 0 Å². The van der Waals surface area contributed by atoms with Crippen LogP contribution in [-0.2, 0) is 4.79 Å². The number of carboxylic acid groups (broad SMARTS) is 1. The molecule has 0 aliphatic carbocycles. The van der Waals surface area contributed by atoms with Crippen LogP contribution in [0.4, 0.5) is 0 Å². The zero-order valence-electron chi connectivity index (χ0n) is 10.8. The lowest BCUT2D eigenvalue weighted by molar-refractivity contribution is -0.140. The third-order valence-corrected chi connectivity index (χ3v) is 2.99. The fraction of sp³-hybridized carbons (Fsp3) is 0.286. The first-order valence-electron chi connectivity index (χ1n) is 6.10. The molecule has 0 spiro atoms. The van der Waals surface area contributed by atoms with Gasteiger partial charge in [0.15, 0.2) is 0 Å². The highest BCUT2D eigenvalue weighted by Crippen LogP contribution is 2.15. The van der Waals surface area contributed by atoms with Crippen molar-refractivity contribution in [3.63, 3.8) is 0 Å². The average molecular weight is 260 g/mol. The fourth-order valence-electron chi connectivity index (χ4n) is 1.93. The second-order valence-electron chi connectivity index (χ2n) is 4.80. The maximum atomic E-state index is 12.0. The first-order valence-corrected chi connectivity index (χ1v) is 6.10. The molecule has 1 amide bonds. The molecular weight excluding hydrogens is 244 g/mol. The van der Waals surface area contributed by atoms with Crippen molar-refractivity contribution < 1.29 is 14.7 Å². The standard InChI is InChI=1S/C14H16N2O3/c1-8(2)12(14(18)19)16-13(17)11-7-9-5-3-4-6-10(9)15-11/h3-8,12,15H,1-2H3,(H,16,17)(H,18,19)/t12-/m1/s1. The number of H-pyrrole nitrogens is 1. The van der Waals surface area contributed by atoms with E-state index < -0.39 is 17.9 Å². The van der Waals surface area contributed by atoms with E-state index in [2.05, 4.69) is 10.3 Å². The van der Waals surface area contributed by atoms with Crippen molar-refractivity contribution in [1.82, 2.24) is 10.3 Å². The molecular formula is C14H16N2O3. The predicted molar refractivity (Wildman–Crippen MR) is 72.0 cm³/mol. The number of nitrogens with one attached hydrogen (secondary N) is 2. The Bertz CT molecular complexity index is 583. The molecule has 100 valence electrons. The third kappa shape index (κ3) is 2.76. The number of carbonyl (C=O) groups excluding carboxylic acids is 1. The van der Waals surface area contributed by atoms with Gasteiger partial charge < -0.3 is 15.4 Å². The molecule has 0 radical (unpaired) electrons. The summed E-state index contributed by atoms with van der Waals surface area (Å²) in [6.07, 6.45) is 0. The number of rotatable bonds is 4. The number of fused-ring (bicyclic) bond motifs is 1. The lowest BCUT2D eigenvalue weighted by atomic mass is 10.0. The Morgan fingerprint density at radius 2 is 1.95 bits per heavy atom. The van der Waals surface area contributed by atoms with Crippen LogP contribution in [0, 0.1) is 5.92 Å². The number of para-hydroxylation sites is 1. The molecule has 0 saturated carbocycles. The molecule has 0 aliphatic heterocycles. The number of amides is 1. The zero-order valence-corrected chi connectivity index (χ0v) is 10.8. The van der Waals surface area contributed by atoms with E-state index >= 15 is 0 Å². The summed E-state index contributed by atoms with van der Waals surface area (Å²) in [5.41, 5.74) is 1.22. The van der Waals surface area contributed by atoms with Gasteiger partial charge in [-0.15, -0.1) is 0 Å².